The summed E-state index contributed by atoms with van der Waals surface area (Å²) >= 11 is 1.49. The molecular formula is C30H26NOS. The molecule has 0 fully saturated rings. The molecule has 0 bridgehead atoms. The van der Waals surface area contributed by atoms with Gasteiger partial charge in [0.1, 0.15) is 4.88 Å². The van der Waals surface area contributed by atoms with Crippen LogP contribution in [0.1, 0.15) is 41.4 Å². The molecule has 0 aliphatic heterocycles. The van der Waals surface area contributed by atoms with Crippen LogP contribution in [0.4, 0.5) is 5.69 Å². The second-order valence-electron chi connectivity index (χ2n) is 8.44. The average Bonchev–Trinajstić information content (AvgIpc) is 3.28. The largest absolute Gasteiger partial charge is 0.321 e. The second-order valence-corrected chi connectivity index (χ2v) is 9.49. The van der Waals surface area contributed by atoms with Crippen molar-refractivity contribution in [1.29, 1.82) is 0 Å². The third kappa shape index (κ3) is 4.84. The van der Waals surface area contributed by atoms with Crippen molar-refractivity contribution < 1.29 is 4.79 Å². The molecule has 1 N–H and O–H groups in total. The van der Waals surface area contributed by atoms with Crippen molar-refractivity contribution in [2.75, 3.05) is 5.32 Å². The first kappa shape index (κ1) is 21.4. The van der Waals surface area contributed by atoms with E-state index in [0.717, 1.165) is 33.0 Å². The van der Waals surface area contributed by atoms with Crippen molar-refractivity contribution in [2.24, 2.45) is 0 Å². The Morgan fingerprint density at radius 3 is 2.45 bits per heavy atom. The maximum absolute atomic E-state index is 12.9. The molecule has 3 heteroatoms. The van der Waals surface area contributed by atoms with Gasteiger partial charge in [-0.05, 0) is 58.5 Å². The van der Waals surface area contributed by atoms with E-state index in [1.54, 1.807) is 0 Å². The second kappa shape index (κ2) is 9.60. The molecule has 0 saturated carbocycles. The third-order valence-corrected chi connectivity index (χ3v) is 7.06. The van der Waals surface area contributed by atoms with Gasteiger partial charge < -0.3 is 5.32 Å². The lowest BCUT2D eigenvalue weighted by Gasteiger charge is -2.05. The summed E-state index contributed by atoms with van der Waals surface area (Å²) in [6, 6.07) is 32.6. The van der Waals surface area contributed by atoms with Crippen molar-refractivity contribution in [3.8, 4) is 11.1 Å². The maximum Gasteiger partial charge on any atom is 0.266 e. The highest BCUT2D eigenvalue weighted by molar-refractivity contribution is 7.20. The Bertz CT molecular complexity index is 1410. The van der Waals surface area contributed by atoms with Crippen LogP contribution in [-0.4, -0.2) is 5.91 Å². The molecule has 5 aromatic rings. The Hall–Kier alpha value is -3.43. The van der Waals surface area contributed by atoms with Gasteiger partial charge in [0.05, 0.1) is 0 Å². The van der Waals surface area contributed by atoms with Crippen LogP contribution in [-0.2, 0) is 6.42 Å². The number of benzene rings is 4. The van der Waals surface area contributed by atoms with Crippen LogP contribution in [0.15, 0.2) is 84.9 Å². The first-order chi connectivity index (χ1) is 16.2. The highest BCUT2D eigenvalue weighted by Gasteiger charge is 2.12. The fourth-order valence-corrected chi connectivity index (χ4v) is 5.09. The van der Waals surface area contributed by atoms with Crippen molar-refractivity contribution in [3.63, 3.8) is 0 Å². The summed E-state index contributed by atoms with van der Waals surface area (Å²) in [6.45, 7) is 2.24. The summed E-state index contributed by atoms with van der Waals surface area (Å²) in [7, 11) is 0. The topological polar surface area (TPSA) is 29.1 Å². The number of aryl methyl sites for hydroxylation is 1. The predicted molar refractivity (Wildman–Crippen MR) is 141 cm³/mol. The Morgan fingerprint density at radius 1 is 0.848 bits per heavy atom. The molecule has 0 spiro atoms. The van der Waals surface area contributed by atoms with Gasteiger partial charge in [-0.2, -0.15) is 0 Å². The number of hydrogen-bond donors (Lipinski definition) is 1. The van der Waals surface area contributed by atoms with Gasteiger partial charge in [-0.15, -0.1) is 11.3 Å². The average molecular weight is 449 g/mol. The Morgan fingerprint density at radius 2 is 1.64 bits per heavy atom. The lowest BCUT2D eigenvalue weighted by atomic mass is 10.0. The van der Waals surface area contributed by atoms with Crippen LogP contribution in [0.3, 0.4) is 0 Å². The molecule has 163 valence electrons. The van der Waals surface area contributed by atoms with Gasteiger partial charge >= 0.3 is 0 Å². The van der Waals surface area contributed by atoms with Gasteiger partial charge in [-0.25, -0.2) is 0 Å². The molecular weight excluding hydrogens is 422 g/mol. The van der Waals surface area contributed by atoms with E-state index in [4.69, 9.17) is 0 Å². The van der Waals surface area contributed by atoms with Crippen molar-refractivity contribution >= 4 is 43.8 Å². The van der Waals surface area contributed by atoms with Crippen LogP contribution in [0, 0.1) is 6.07 Å². The number of nitrogens with one attached hydrogen (secondary N) is 1. The van der Waals surface area contributed by atoms with Gasteiger partial charge in [-0.3, -0.25) is 4.79 Å². The molecule has 33 heavy (non-hydrogen) atoms. The number of amides is 1. The van der Waals surface area contributed by atoms with Gasteiger partial charge in [0, 0.05) is 21.8 Å². The number of anilines is 1. The lowest BCUT2D eigenvalue weighted by Crippen LogP contribution is -2.09. The molecule has 1 aromatic heterocycles. The zero-order chi connectivity index (χ0) is 22.6. The molecule has 0 unspecified atom stereocenters. The van der Waals surface area contributed by atoms with Crippen LogP contribution in [0.25, 0.3) is 32.0 Å². The number of fused-ring (bicyclic) bond motifs is 2. The van der Waals surface area contributed by atoms with Gasteiger partial charge in [0.2, 0.25) is 0 Å². The molecule has 1 amide bonds. The van der Waals surface area contributed by atoms with Crippen molar-refractivity contribution in [3.05, 3.63) is 101 Å². The van der Waals surface area contributed by atoms with E-state index in [2.05, 4.69) is 72.9 Å². The number of carbonyl (C=O) groups is 1. The number of carbonyl (C=O) groups excluding carboxylic acids is 1. The minimum Gasteiger partial charge on any atom is -0.321 e. The molecule has 0 aliphatic rings. The molecule has 0 atom stereocenters. The van der Waals surface area contributed by atoms with E-state index in [9.17, 15) is 4.79 Å². The fourth-order valence-electron chi connectivity index (χ4n) is 4.15. The van der Waals surface area contributed by atoms with E-state index in [1.807, 2.05) is 30.3 Å². The van der Waals surface area contributed by atoms with E-state index >= 15 is 0 Å². The monoisotopic (exact) mass is 448 g/mol. The summed E-state index contributed by atoms with van der Waals surface area (Å²) in [6.07, 6.45) is 4.92. The summed E-state index contributed by atoms with van der Waals surface area (Å²) in [4.78, 5) is 13.5. The van der Waals surface area contributed by atoms with Crippen LogP contribution < -0.4 is 5.32 Å². The highest BCUT2D eigenvalue weighted by Crippen LogP contribution is 2.31. The molecule has 4 aromatic carbocycles. The molecule has 1 heterocycles. The van der Waals surface area contributed by atoms with Crippen molar-refractivity contribution in [2.45, 2.75) is 32.6 Å². The number of unbranched alkanes of at least 4 members (excludes halogenated alkanes) is 2. The molecule has 0 saturated heterocycles. The predicted octanol–water partition coefficient (Wildman–Crippen LogP) is 8.51. The lowest BCUT2D eigenvalue weighted by molar-refractivity contribution is 0.103. The van der Waals surface area contributed by atoms with Gasteiger partial charge in [0.25, 0.3) is 5.91 Å². The van der Waals surface area contributed by atoms with Gasteiger partial charge in [0.15, 0.2) is 0 Å². The number of thiophene rings is 1. The SMILES string of the molecule is CCCCCc1ccc(-c2ccc3[c]c(C(=O)Nc4ccc5ccccc5c4)sc3c2)cc1. The Kier molecular flexibility index (Phi) is 6.23. The summed E-state index contributed by atoms with van der Waals surface area (Å²) < 4.78 is 1.07. The van der Waals surface area contributed by atoms with E-state index < -0.39 is 0 Å². The smallest absolute Gasteiger partial charge is 0.266 e. The maximum atomic E-state index is 12.9. The minimum atomic E-state index is -0.121. The third-order valence-electron chi connectivity index (χ3n) is 6.01. The number of hydrogen-bond acceptors (Lipinski definition) is 2. The first-order valence-electron chi connectivity index (χ1n) is 11.5. The summed E-state index contributed by atoms with van der Waals surface area (Å²) in [5.74, 6) is -0.121. The molecule has 1 radical (unpaired) electrons. The summed E-state index contributed by atoms with van der Waals surface area (Å²) in [5.41, 5.74) is 4.56. The van der Waals surface area contributed by atoms with Crippen LogP contribution >= 0.6 is 11.3 Å². The number of rotatable bonds is 7. The quantitative estimate of drug-likeness (QED) is 0.248. The first-order valence-corrected chi connectivity index (χ1v) is 12.4. The zero-order valence-electron chi connectivity index (χ0n) is 18.7. The normalized spacial score (nSPS) is 11.2. The fraction of sp³-hybridized carbons (Fsp3) is 0.167. The van der Waals surface area contributed by atoms with E-state index in [-0.39, 0.29) is 5.91 Å². The van der Waals surface area contributed by atoms with Crippen LogP contribution in [0.5, 0.6) is 0 Å². The van der Waals surface area contributed by atoms with Gasteiger partial charge in [-0.1, -0.05) is 86.5 Å². The summed E-state index contributed by atoms with van der Waals surface area (Å²) in [5, 5.41) is 6.27. The minimum absolute atomic E-state index is 0.121. The molecule has 5 rings (SSSR count). The van der Waals surface area contributed by atoms with Crippen molar-refractivity contribution in [1.82, 2.24) is 0 Å². The van der Waals surface area contributed by atoms with E-state index in [1.165, 1.54) is 47.3 Å². The Balaban J connectivity index is 1.33. The Labute approximate surface area is 198 Å². The zero-order valence-corrected chi connectivity index (χ0v) is 19.5. The standard InChI is InChI=1S/C30H26NOS/c1-2-3-4-7-21-10-12-23(13-11-21)25-14-15-26-20-29(33-28(26)19-25)30(32)31-27-17-16-22-8-5-6-9-24(22)18-27/h5-6,8-19H,2-4,7H2,1H3,(H,31,32). The highest BCUT2D eigenvalue weighted by atomic mass is 32.1. The van der Waals surface area contributed by atoms with E-state index in [0.29, 0.717) is 4.88 Å². The molecule has 0 aliphatic carbocycles. The van der Waals surface area contributed by atoms with Crippen LogP contribution in [0.2, 0.25) is 0 Å². The molecule has 2 nitrogen and oxygen atoms in total.